The van der Waals surface area contributed by atoms with E-state index in [0.717, 1.165) is 15.6 Å². The van der Waals surface area contributed by atoms with Gasteiger partial charge < -0.3 is 14.2 Å². The van der Waals surface area contributed by atoms with Gasteiger partial charge in [0.05, 0.1) is 19.9 Å². The number of ether oxygens (including phenoxy) is 3. The Morgan fingerprint density at radius 2 is 1.77 bits per heavy atom. The van der Waals surface area contributed by atoms with Gasteiger partial charge in [-0.3, -0.25) is 4.79 Å². The monoisotopic (exact) mass is 482 g/mol. The number of hydrazone groups is 1. The molecule has 31 heavy (non-hydrogen) atoms. The lowest BCUT2D eigenvalue weighted by atomic mass is 10.2. The highest BCUT2D eigenvalue weighted by atomic mass is 79.9. The summed E-state index contributed by atoms with van der Waals surface area (Å²) in [5, 5.41) is 4.08. The van der Waals surface area contributed by atoms with Gasteiger partial charge >= 0.3 is 0 Å². The zero-order valence-corrected chi connectivity index (χ0v) is 18.9. The van der Waals surface area contributed by atoms with Crippen molar-refractivity contribution >= 4 is 28.1 Å². The van der Waals surface area contributed by atoms with E-state index in [0.29, 0.717) is 36.0 Å². The fourth-order valence-corrected chi connectivity index (χ4v) is 3.03. The number of carbonyl (C=O) groups is 1. The number of amides is 1. The zero-order chi connectivity index (χ0) is 22.1. The predicted molar refractivity (Wildman–Crippen MR) is 124 cm³/mol. The summed E-state index contributed by atoms with van der Waals surface area (Å²) >= 11 is 3.42. The van der Waals surface area contributed by atoms with Gasteiger partial charge in [0.1, 0.15) is 12.4 Å². The molecular weight excluding hydrogens is 460 g/mol. The molecule has 6 nitrogen and oxygen atoms in total. The fraction of sp³-hybridized carbons (Fsp3) is 0.167. The van der Waals surface area contributed by atoms with Gasteiger partial charge in [-0.05, 0) is 55.0 Å². The maximum absolute atomic E-state index is 12.4. The van der Waals surface area contributed by atoms with Crippen molar-refractivity contribution in [3.8, 4) is 17.2 Å². The Labute approximate surface area is 190 Å². The number of rotatable bonds is 9. The van der Waals surface area contributed by atoms with Crippen LogP contribution in [0.5, 0.6) is 17.2 Å². The quantitative estimate of drug-likeness (QED) is 0.336. The molecule has 0 aliphatic carbocycles. The highest BCUT2D eigenvalue weighted by molar-refractivity contribution is 9.10. The van der Waals surface area contributed by atoms with Gasteiger partial charge in [0, 0.05) is 15.6 Å². The lowest BCUT2D eigenvalue weighted by Crippen LogP contribution is -2.17. The maximum Gasteiger partial charge on any atom is 0.271 e. The maximum atomic E-state index is 12.4. The molecule has 3 aromatic carbocycles. The second-order valence-electron chi connectivity index (χ2n) is 6.45. The molecule has 0 fully saturated rings. The van der Waals surface area contributed by atoms with E-state index in [4.69, 9.17) is 14.2 Å². The molecule has 1 amide bonds. The molecule has 3 aromatic rings. The van der Waals surface area contributed by atoms with Gasteiger partial charge in [0.2, 0.25) is 0 Å². The second kappa shape index (κ2) is 11.2. The number of hydrogen-bond acceptors (Lipinski definition) is 5. The van der Waals surface area contributed by atoms with E-state index in [-0.39, 0.29) is 5.91 Å². The SMILES string of the molecule is CCOc1ccc(C(=O)N/N=C/c2ccccc2OCc2ccc(Br)cc2)cc1OC. The molecule has 0 atom stereocenters. The molecule has 1 N–H and O–H groups in total. The number of nitrogens with one attached hydrogen (secondary N) is 1. The summed E-state index contributed by atoms with van der Waals surface area (Å²) in [5.41, 5.74) is 4.75. The van der Waals surface area contributed by atoms with Crippen LogP contribution >= 0.6 is 15.9 Å². The lowest BCUT2D eigenvalue weighted by molar-refractivity contribution is 0.0954. The normalized spacial score (nSPS) is 10.7. The van der Waals surface area contributed by atoms with Gasteiger partial charge in [-0.1, -0.05) is 40.2 Å². The third-order valence-corrected chi connectivity index (χ3v) is 4.85. The first-order valence-corrected chi connectivity index (χ1v) is 10.5. The van der Waals surface area contributed by atoms with E-state index in [1.165, 1.54) is 7.11 Å². The molecular formula is C24H23BrN2O4. The van der Waals surface area contributed by atoms with E-state index in [9.17, 15) is 4.79 Å². The zero-order valence-electron chi connectivity index (χ0n) is 17.3. The lowest BCUT2D eigenvalue weighted by Gasteiger charge is -2.10. The number of methoxy groups -OCH3 is 1. The van der Waals surface area contributed by atoms with Gasteiger partial charge in [0.15, 0.2) is 11.5 Å². The Kier molecular flexibility index (Phi) is 8.06. The van der Waals surface area contributed by atoms with Crippen molar-refractivity contribution in [3.05, 3.63) is 87.9 Å². The Morgan fingerprint density at radius 1 is 1.00 bits per heavy atom. The van der Waals surface area contributed by atoms with E-state index in [1.807, 2.05) is 55.5 Å². The number of hydrogen-bond donors (Lipinski definition) is 1. The molecule has 0 aromatic heterocycles. The van der Waals surface area contributed by atoms with Crippen molar-refractivity contribution in [1.82, 2.24) is 5.43 Å². The fourth-order valence-electron chi connectivity index (χ4n) is 2.77. The van der Waals surface area contributed by atoms with Crippen LogP contribution in [0.15, 0.2) is 76.3 Å². The third-order valence-electron chi connectivity index (χ3n) is 4.32. The molecule has 0 radical (unpaired) electrons. The second-order valence-corrected chi connectivity index (χ2v) is 7.37. The van der Waals surface area contributed by atoms with Crippen molar-refractivity contribution in [2.45, 2.75) is 13.5 Å². The summed E-state index contributed by atoms with van der Waals surface area (Å²) < 4.78 is 17.7. The third kappa shape index (κ3) is 6.33. The molecule has 0 spiro atoms. The van der Waals surface area contributed by atoms with Gasteiger partial charge in [-0.15, -0.1) is 0 Å². The largest absolute Gasteiger partial charge is 0.493 e. The predicted octanol–water partition coefficient (Wildman–Crippen LogP) is 5.20. The Bertz CT molecular complexity index is 1050. The minimum absolute atomic E-state index is 0.356. The van der Waals surface area contributed by atoms with Gasteiger partial charge in [-0.2, -0.15) is 5.10 Å². The van der Waals surface area contributed by atoms with Gasteiger partial charge in [0.25, 0.3) is 5.91 Å². The molecule has 0 heterocycles. The first-order chi connectivity index (χ1) is 15.1. The summed E-state index contributed by atoms with van der Waals surface area (Å²) in [6, 6.07) is 20.4. The number of benzene rings is 3. The van der Waals surface area contributed by atoms with Crippen LogP contribution in [0.4, 0.5) is 0 Å². The molecule has 0 bridgehead atoms. The summed E-state index contributed by atoms with van der Waals surface area (Å²) in [6.45, 7) is 2.82. The summed E-state index contributed by atoms with van der Waals surface area (Å²) in [5.74, 6) is 1.39. The minimum Gasteiger partial charge on any atom is -0.493 e. The van der Waals surface area contributed by atoms with Gasteiger partial charge in [-0.25, -0.2) is 5.43 Å². The smallest absolute Gasteiger partial charge is 0.271 e. The molecule has 160 valence electrons. The van der Waals surface area contributed by atoms with Crippen LogP contribution in [0, 0.1) is 0 Å². The van der Waals surface area contributed by atoms with Crippen LogP contribution in [-0.2, 0) is 6.61 Å². The van der Waals surface area contributed by atoms with Crippen LogP contribution in [0.3, 0.4) is 0 Å². The van der Waals surface area contributed by atoms with Crippen molar-refractivity contribution in [2.75, 3.05) is 13.7 Å². The molecule has 0 unspecified atom stereocenters. The Morgan fingerprint density at radius 3 is 2.52 bits per heavy atom. The highest BCUT2D eigenvalue weighted by Crippen LogP contribution is 2.28. The van der Waals surface area contributed by atoms with Crippen LogP contribution in [0.2, 0.25) is 0 Å². The Balaban J connectivity index is 1.64. The first kappa shape index (κ1) is 22.4. The van der Waals surface area contributed by atoms with Crippen molar-refractivity contribution in [2.24, 2.45) is 5.10 Å². The number of nitrogens with zero attached hydrogens (tertiary/aromatic N) is 1. The highest BCUT2D eigenvalue weighted by Gasteiger charge is 2.10. The average molecular weight is 483 g/mol. The molecule has 7 heteroatoms. The van der Waals surface area contributed by atoms with Crippen molar-refractivity contribution in [3.63, 3.8) is 0 Å². The summed E-state index contributed by atoms with van der Waals surface area (Å²) in [7, 11) is 1.53. The molecule has 3 rings (SSSR count). The number of carbonyl (C=O) groups excluding carboxylic acids is 1. The van der Waals surface area contributed by atoms with E-state index in [1.54, 1.807) is 24.4 Å². The van der Waals surface area contributed by atoms with Crippen molar-refractivity contribution < 1.29 is 19.0 Å². The van der Waals surface area contributed by atoms with Crippen LogP contribution in [0.25, 0.3) is 0 Å². The molecule has 0 saturated carbocycles. The molecule has 0 saturated heterocycles. The Hall–Kier alpha value is -3.32. The minimum atomic E-state index is -0.356. The van der Waals surface area contributed by atoms with E-state index < -0.39 is 0 Å². The van der Waals surface area contributed by atoms with Crippen LogP contribution in [-0.4, -0.2) is 25.8 Å². The number of para-hydroxylation sites is 1. The average Bonchev–Trinajstić information content (AvgIpc) is 2.80. The number of halogens is 1. The first-order valence-electron chi connectivity index (χ1n) is 9.71. The molecule has 0 aliphatic rings. The standard InChI is InChI=1S/C24H23BrN2O4/c1-3-30-22-13-10-18(14-23(22)29-2)24(28)27-26-15-19-6-4-5-7-21(19)31-16-17-8-11-20(25)12-9-17/h4-15H,3,16H2,1-2H3,(H,27,28)/b26-15+. The van der Waals surface area contributed by atoms with E-state index in [2.05, 4.69) is 26.5 Å². The topological polar surface area (TPSA) is 69.2 Å². The summed E-state index contributed by atoms with van der Waals surface area (Å²) in [6.07, 6.45) is 1.56. The van der Waals surface area contributed by atoms with Crippen LogP contribution < -0.4 is 19.6 Å². The van der Waals surface area contributed by atoms with Crippen LogP contribution in [0.1, 0.15) is 28.4 Å². The van der Waals surface area contributed by atoms with Crippen molar-refractivity contribution in [1.29, 1.82) is 0 Å². The summed E-state index contributed by atoms with van der Waals surface area (Å²) in [4.78, 5) is 12.4. The van der Waals surface area contributed by atoms with E-state index >= 15 is 0 Å². The molecule has 0 aliphatic heterocycles.